The predicted molar refractivity (Wildman–Crippen MR) is 97.0 cm³/mol. The number of amides is 1. The molecule has 1 aliphatic heterocycles. The highest BCUT2D eigenvalue weighted by Gasteiger charge is 2.45. The summed E-state index contributed by atoms with van der Waals surface area (Å²) in [7, 11) is 1.68. The van der Waals surface area contributed by atoms with Crippen molar-refractivity contribution in [1.82, 2.24) is 19.7 Å². The molecular formula is C19H26N4O3. The molecule has 1 aliphatic rings. The maximum Gasteiger partial charge on any atom is 0.250 e. The van der Waals surface area contributed by atoms with Gasteiger partial charge in [-0.1, -0.05) is 18.2 Å². The van der Waals surface area contributed by atoms with Gasteiger partial charge in [-0.05, 0) is 38.8 Å². The number of nitrogens with zero attached hydrogens (tertiary/aromatic N) is 4. The molecule has 1 unspecified atom stereocenters. The summed E-state index contributed by atoms with van der Waals surface area (Å²) in [5.74, 6) is 0.842. The van der Waals surface area contributed by atoms with Crippen molar-refractivity contribution < 1.29 is 14.3 Å². The Morgan fingerprint density at radius 1 is 1.35 bits per heavy atom. The zero-order valence-electron chi connectivity index (χ0n) is 15.8. The third-order valence-electron chi connectivity index (χ3n) is 5.14. The Hall–Kier alpha value is -2.41. The van der Waals surface area contributed by atoms with Gasteiger partial charge < -0.3 is 14.4 Å². The number of hydrogen-bond acceptors (Lipinski definition) is 5. The summed E-state index contributed by atoms with van der Waals surface area (Å²) in [5.41, 5.74) is -0.217. The summed E-state index contributed by atoms with van der Waals surface area (Å²) >= 11 is 0. The van der Waals surface area contributed by atoms with E-state index >= 15 is 0 Å². The highest BCUT2D eigenvalue weighted by Crippen LogP contribution is 2.30. The molecule has 0 N–H and O–H groups in total. The molecule has 2 aromatic rings. The number of carbonyl (C=O) groups excluding carboxylic acids is 1. The molecule has 1 fully saturated rings. The van der Waals surface area contributed by atoms with Gasteiger partial charge in [-0.25, -0.2) is 9.67 Å². The predicted octanol–water partition coefficient (Wildman–Crippen LogP) is 2.02. The molecule has 140 valence electrons. The van der Waals surface area contributed by atoms with E-state index < -0.39 is 11.1 Å². The Bertz CT molecular complexity index is 760. The van der Waals surface area contributed by atoms with E-state index in [-0.39, 0.29) is 5.91 Å². The van der Waals surface area contributed by atoms with Gasteiger partial charge in [0.05, 0.1) is 6.54 Å². The van der Waals surface area contributed by atoms with Crippen LogP contribution in [0.4, 0.5) is 0 Å². The molecular weight excluding hydrogens is 332 g/mol. The first-order chi connectivity index (χ1) is 12.4. The molecule has 0 aliphatic carbocycles. The fourth-order valence-corrected chi connectivity index (χ4v) is 3.27. The first-order valence-electron chi connectivity index (χ1n) is 8.76. The lowest BCUT2D eigenvalue weighted by atomic mass is 10.0. The number of aromatic nitrogens is 3. The minimum atomic E-state index is -0.794. The zero-order valence-corrected chi connectivity index (χ0v) is 15.8. The zero-order chi connectivity index (χ0) is 18.8. The second-order valence-corrected chi connectivity index (χ2v) is 7.32. The van der Waals surface area contributed by atoms with Crippen LogP contribution >= 0.6 is 0 Å². The van der Waals surface area contributed by atoms with E-state index in [1.54, 1.807) is 18.1 Å². The standard InChI is InChI=1S/C19H26N4O3/c1-15-7-5-6-8-16(15)26-12-19(25-4)9-10-22(11-19)17(24)18(2,3)23-14-20-13-21-23/h5-8,13-14H,9-12H2,1-4H3. The van der Waals surface area contributed by atoms with Crippen LogP contribution in [0.5, 0.6) is 5.75 Å². The second-order valence-electron chi connectivity index (χ2n) is 7.32. The lowest BCUT2D eigenvalue weighted by Gasteiger charge is -2.31. The Morgan fingerprint density at radius 2 is 2.12 bits per heavy atom. The highest BCUT2D eigenvalue weighted by atomic mass is 16.5. The van der Waals surface area contributed by atoms with Gasteiger partial charge in [0.25, 0.3) is 0 Å². The lowest BCUT2D eigenvalue weighted by Crippen LogP contribution is -2.49. The molecule has 1 aromatic carbocycles. The molecule has 0 spiro atoms. The highest BCUT2D eigenvalue weighted by molar-refractivity contribution is 5.84. The topological polar surface area (TPSA) is 69.5 Å². The van der Waals surface area contributed by atoms with E-state index in [9.17, 15) is 4.79 Å². The van der Waals surface area contributed by atoms with Crippen molar-refractivity contribution in [2.75, 3.05) is 26.8 Å². The number of hydrogen-bond donors (Lipinski definition) is 0. The molecule has 26 heavy (non-hydrogen) atoms. The summed E-state index contributed by atoms with van der Waals surface area (Å²) in [5, 5.41) is 4.12. The van der Waals surface area contributed by atoms with Crippen LogP contribution in [0.25, 0.3) is 0 Å². The molecule has 1 atom stereocenters. The van der Waals surface area contributed by atoms with E-state index in [1.165, 1.54) is 6.33 Å². The average Bonchev–Trinajstić information content (AvgIpc) is 3.31. The Labute approximate surface area is 153 Å². The molecule has 3 rings (SSSR count). The van der Waals surface area contributed by atoms with Crippen LogP contribution in [0.15, 0.2) is 36.9 Å². The number of carbonyl (C=O) groups is 1. The van der Waals surface area contributed by atoms with E-state index in [0.717, 1.165) is 17.7 Å². The first-order valence-corrected chi connectivity index (χ1v) is 8.76. The van der Waals surface area contributed by atoms with Gasteiger partial charge in [-0.3, -0.25) is 4.79 Å². The fraction of sp³-hybridized carbons (Fsp3) is 0.526. The largest absolute Gasteiger partial charge is 0.490 e. The van der Waals surface area contributed by atoms with Crippen molar-refractivity contribution in [1.29, 1.82) is 0 Å². The van der Waals surface area contributed by atoms with Crippen LogP contribution in [0.3, 0.4) is 0 Å². The quantitative estimate of drug-likeness (QED) is 0.790. The summed E-state index contributed by atoms with van der Waals surface area (Å²) in [6, 6.07) is 7.90. The van der Waals surface area contributed by atoms with Crippen molar-refractivity contribution in [3.63, 3.8) is 0 Å². The maximum absolute atomic E-state index is 13.0. The van der Waals surface area contributed by atoms with Crippen LogP contribution in [0.1, 0.15) is 25.8 Å². The SMILES string of the molecule is COC1(COc2ccccc2C)CCN(C(=O)C(C)(C)n2cncn2)C1. The molecule has 1 amide bonds. The van der Waals surface area contributed by atoms with Crippen molar-refractivity contribution in [3.8, 4) is 5.75 Å². The summed E-state index contributed by atoms with van der Waals surface area (Å²) < 4.78 is 13.4. The smallest absolute Gasteiger partial charge is 0.250 e. The minimum Gasteiger partial charge on any atom is -0.490 e. The van der Waals surface area contributed by atoms with Gasteiger partial charge in [-0.15, -0.1) is 0 Å². The van der Waals surface area contributed by atoms with E-state index in [1.807, 2.05) is 49.9 Å². The van der Waals surface area contributed by atoms with E-state index in [4.69, 9.17) is 9.47 Å². The van der Waals surface area contributed by atoms with Crippen LogP contribution in [0, 0.1) is 6.92 Å². The molecule has 0 radical (unpaired) electrons. The monoisotopic (exact) mass is 358 g/mol. The number of rotatable bonds is 6. The second kappa shape index (κ2) is 7.07. The average molecular weight is 358 g/mol. The molecule has 1 saturated heterocycles. The van der Waals surface area contributed by atoms with Crippen LogP contribution in [-0.4, -0.2) is 58.0 Å². The van der Waals surface area contributed by atoms with Crippen molar-refractivity contribution in [2.24, 2.45) is 0 Å². The Balaban J connectivity index is 1.69. The molecule has 0 bridgehead atoms. The number of likely N-dealkylation sites (tertiary alicyclic amines) is 1. The van der Waals surface area contributed by atoms with Crippen LogP contribution < -0.4 is 4.74 Å². The summed E-state index contributed by atoms with van der Waals surface area (Å²) in [6.07, 6.45) is 3.74. The third-order valence-corrected chi connectivity index (χ3v) is 5.14. The number of benzene rings is 1. The minimum absolute atomic E-state index is 0.00202. The maximum atomic E-state index is 13.0. The Kier molecular flexibility index (Phi) is 5.00. The van der Waals surface area contributed by atoms with Gasteiger partial charge in [0.1, 0.15) is 36.2 Å². The molecule has 0 saturated carbocycles. The number of para-hydroxylation sites is 1. The Morgan fingerprint density at radius 3 is 2.77 bits per heavy atom. The van der Waals surface area contributed by atoms with Gasteiger partial charge in [0, 0.05) is 13.7 Å². The number of aryl methyl sites for hydroxylation is 1. The van der Waals surface area contributed by atoms with Gasteiger partial charge in [0.2, 0.25) is 5.91 Å². The van der Waals surface area contributed by atoms with Gasteiger partial charge >= 0.3 is 0 Å². The van der Waals surface area contributed by atoms with E-state index in [2.05, 4.69) is 10.1 Å². The van der Waals surface area contributed by atoms with Crippen LogP contribution in [-0.2, 0) is 15.1 Å². The normalized spacial score (nSPS) is 20.4. The van der Waals surface area contributed by atoms with Crippen LogP contribution in [0.2, 0.25) is 0 Å². The summed E-state index contributed by atoms with van der Waals surface area (Å²) in [4.78, 5) is 18.8. The number of methoxy groups -OCH3 is 1. The molecule has 7 heteroatoms. The van der Waals surface area contributed by atoms with Gasteiger partial charge in [0.15, 0.2) is 0 Å². The number of ether oxygens (including phenoxy) is 2. The lowest BCUT2D eigenvalue weighted by molar-refractivity contribution is -0.140. The summed E-state index contributed by atoms with van der Waals surface area (Å²) in [6.45, 7) is 7.23. The molecule has 2 heterocycles. The van der Waals surface area contributed by atoms with E-state index in [0.29, 0.717) is 19.7 Å². The fourth-order valence-electron chi connectivity index (χ4n) is 3.27. The van der Waals surface area contributed by atoms with Gasteiger partial charge in [-0.2, -0.15) is 5.10 Å². The van der Waals surface area contributed by atoms with Crippen molar-refractivity contribution in [2.45, 2.75) is 38.3 Å². The van der Waals surface area contributed by atoms with Crippen molar-refractivity contribution >= 4 is 5.91 Å². The van der Waals surface area contributed by atoms with Crippen molar-refractivity contribution in [3.05, 3.63) is 42.5 Å². The molecule has 7 nitrogen and oxygen atoms in total. The third kappa shape index (κ3) is 3.44. The first kappa shape index (κ1) is 18.4. The molecule has 1 aromatic heterocycles.